The van der Waals surface area contributed by atoms with E-state index in [1.165, 1.54) is 14.1 Å². The smallest absolute Gasteiger partial charge is 0.221 e. The van der Waals surface area contributed by atoms with E-state index in [1.807, 2.05) is 27.1 Å². The van der Waals surface area contributed by atoms with E-state index in [-0.39, 0.29) is 30.0 Å². The Bertz CT molecular complexity index is 578. The molecule has 0 aliphatic carbocycles. The van der Waals surface area contributed by atoms with E-state index in [1.54, 1.807) is 10.9 Å². The molecule has 8 heteroatoms. The third-order valence-electron chi connectivity index (χ3n) is 3.21. The van der Waals surface area contributed by atoms with Gasteiger partial charge in [-0.3, -0.25) is 9.48 Å². The summed E-state index contributed by atoms with van der Waals surface area (Å²) in [5, 5.41) is 6.98. The molecule has 0 radical (unpaired) electrons. The molecule has 0 saturated heterocycles. The first kappa shape index (κ1) is 17.6. The third-order valence-corrected chi connectivity index (χ3v) is 5.04. The maximum absolute atomic E-state index is 12.0. The lowest BCUT2D eigenvalue weighted by atomic mass is 9.98. The van der Waals surface area contributed by atoms with Crippen molar-refractivity contribution in [2.45, 2.75) is 26.3 Å². The van der Waals surface area contributed by atoms with Crippen molar-refractivity contribution in [3.63, 3.8) is 0 Å². The van der Waals surface area contributed by atoms with E-state index >= 15 is 0 Å². The number of nitrogens with zero attached hydrogens (tertiary/aromatic N) is 3. The van der Waals surface area contributed by atoms with Gasteiger partial charge in [0.25, 0.3) is 0 Å². The summed E-state index contributed by atoms with van der Waals surface area (Å²) in [4.78, 5) is 12.0. The van der Waals surface area contributed by atoms with Crippen LogP contribution < -0.4 is 5.32 Å². The SMILES string of the molecule is CC(C)[C@H](NC(=O)CCS(=O)(=O)N(C)C)c1cnn(C)c1. The lowest BCUT2D eigenvalue weighted by Crippen LogP contribution is -2.34. The molecule has 7 nitrogen and oxygen atoms in total. The van der Waals surface area contributed by atoms with Crippen LogP contribution in [0.15, 0.2) is 12.4 Å². The summed E-state index contributed by atoms with van der Waals surface area (Å²) in [6, 6.07) is -0.173. The van der Waals surface area contributed by atoms with Crippen LogP contribution in [0.1, 0.15) is 31.9 Å². The second-order valence-corrected chi connectivity index (χ2v) is 7.89. The van der Waals surface area contributed by atoms with Gasteiger partial charge in [0, 0.05) is 39.3 Å². The van der Waals surface area contributed by atoms with E-state index in [4.69, 9.17) is 0 Å². The maximum Gasteiger partial charge on any atom is 0.221 e. The lowest BCUT2D eigenvalue weighted by Gasteiger charge is -2.21. The highest BCUT2D eigenvalue weighted by molar-refractivity contribution is 7.89. The molecule has 1 atom stereocenters. The van der Waals surface area contributed by atoms with Crippen LogP contribution in [0.5, 0.6) is 0 Å². The average Bonchev–Trinajstić information content (AvgIpc) is 2.79. The van der Waals surface area contributed by atoms with Crippen molar-refractivity contribution >= 4 is 15.9 Å². The standard InChI is InChI=1S/C13H24N4O3S/c1-10(2)13(11-8-14-17(5)9-11)15-12(18)6-7-21(19,20)16(3)4/h8-10,13H,6-7H2,1-5H3,(H,15,18)/t13-/m0/s1. The minimum atomic E-state index is -3.35. The van der Waals surface area contributed by atoms with Gasteiger partial charge in [-0.25, -0.2) is 12.7 Å². The van der Waals surface area contributed by atoms with E-state index in [0.29, 0.717) is 0 Å². The number of nitrogens with one attached hydrogen (secondary N) is 1. The number of hydrogen-bond acceptors (Lipinski definition) is 4. The van der Waals surface area contributed by atoms with E-state index in [2.05, 4.69) is 10.4 Å². The van der Waals surface area contributed by atoms with Gasteiger partial charge in [-0.05, 0) is 5.92 Å². The Morgan fingerprint density at radius 1 is 1.43 bits per heavy atom. The highest BCUT2D eigenvalue weighted by Gasteiger charge is 2.21. The van der Waals surface area contributed by atoms with Crippen molar-refractivity contribution in [1.82, 2.24) is 19.4 Å². The molecular formula is C13H24N4O3S. The molecule has 0 fully saturated rings. The number of rotatable bonds is 7. The molecule has 1 amide bonds. The number of aryl methyl sites for hydroxylation is 1. The Hall–Kier alpha value is -1.41. The molecule has 0 unspecified atom stereocenters. The molecule has 0 bridgehead atoms. The van der Waals surface area contributed by atoms with Gasteiger partial charge >= 0.3 is 0 Å². The van der Waals surface area contributed by atoms with Gasteiger partial charge in [-0.1, -0.05) is 13.8 Å². The van der Waals surface area contributed by atoms with Gasteiger partial charge < -0.3 is 5.32 Å². The first-order valence-corrected chi connectivity index (χ1v) is 8.42. The molecule has 0 spiro atoms. The van der Waals surface area contributed by atoms with Crippen LogP contribution >= 0.6 is 0 Å². The van der Waals surface area contributed by atoms with Crippen molar-refractivity contribution in [2.75, 3.05) is 19.8 Å². The quantitative estimate of drug-likeness (QED) is 0.794. The van der Waals surface area contributed by atoms with Crippen LogP contribution in [0.2, 0.25) is 0 Å². The number of hydrogen-bond donors (Lipinski definition) is 1. The minimum Gasteiger partial charge on any atom is -0.349 e. The molecule has 21 heavy (non-hydrogen) atoms. The monoisotopic (exact) mass is 316 g/mol. The lowest BCUT2D eigenvalue weighted by molar-refractivity contribution is -0.121. The van der Waals surface area contributed by atoms with Gasteiger partial charge in [-0.15, -0.1) is 0 Å². The van der Waals surface area contributed by atoms with Crippen LogP contribution in [-0.4, -0.2) is 48.3 Å². The fourth-order valence-electron chi connectivity index (χ4n) is 1.89. The minimum absolute atomic E-state index is 0.0516. The van der Waals surface area contributed by atoms with Crippen molar-refractivity contribution in [1.29, 1.82) is 0 Å². The van der Waals surface area contributed by atoms with Crippen LogP contribution in [0.25, 0.3) is 0 Å². The zero-order chi connectivity index (χ0) is 16.2. The van der Waals surface area contributed by atoms with Crippen LogP contribution in [0.3, 0.4) is 0 Å². The fourth-order valence-corrected chi connectivity index (χ4v) is 2.69. The number of sulfonamides is 1. The van der Waals surface area contributed by atoms with E-state index in [0.717, 1.165) is 9.87 Å². The molecule has 1 aromatic heterocycles. The predicted octanol–water partition coefficient (Wildman–Crippen LogP) is 0.515. The summed E-state index contributed by atoms with van der Waals surface area (Å²) in [7, 11) is 1.37. The second-order valence-electron chi connectivity index (χ2n) is 5.58. The number of carbonyl (C=O) groups is 1. The Balaban J connectivity index is 2.67. The van der Waals surface area contributed by atoms with Gasteiger partial charge in [0.1, 0.15) is 0 Å². The maximum atomic E-state index is 12.0. The number of carbonyl (C=O) groups excluding carboxylic acids is 1. The molecule has 0 aliphatic heterocycles. The van der Waals surface area contributed by atoms with E-state index < -0.39 is 10.0 Å². The molecule has 120 valence electrons. The highest BCUT2D eigenvalue weighted by Crippen LogP contribution is 2.21. The van der Waals surface area contributed by atoms with Gasteiger partial charge in [0.05, 0.1) is 18.0 Å². The summed E-state index contributed by atoms with van der Waals surface area (Å²) in [5.41, 5.74) is 0.913. The van der Waals surface area contributed by atoms with Crippen LogP contribution in [0, 0.1) is 5.92 Å². The zero-order valence-corrected chi connectivity index (χ0v) is 14.0. The molecule has 0 aromatic carbocycles. The normalized spacial score (nSPS) is 13.7. The van der Waals surface area contributed by atoms with Crippen molar-refractivity contribution in [3.05, 3.63) is 18.0 Å². The van der Waals surface area contributed by atoms with Crippen LogP contribution in [-0.2, 0) is 21.9 Å². The summed E-state index contributed by atoms with van der Waals surface area (Å²) in [6.45, 7) is 3.99. The zero-order valence-electron chi connectivity index (χ0n) is 13.2. The summed E-state index contributed by atoms with van der Waals surface area (Å²) in [5.74, 6) is -0.282. The van der Waals surface area contributed by atoms with Crippen LogP contribution in [0.4, 0.5) is 0 Å². The second kappa shape index (κ2) is 7.04. The largest absolute Gasteiger partial charge is 0.349 e. The molecule has 1 heterocycles. The Morgan fingerprint density at radius 3 is 2.48 bits per heavy atom. The Labute approximate surface area is 126 Å². The third kappa shape index (κ3) is 5.13. The summed E-state index contributed by atoms with van der Waals surface area (Å²) < 4.78 is 26.1. The van der Waals surface area contributed by atoms with Crippen molar-refractivity contribution < 1.29 is 13.2 Å². The van der Waals surface area contributed by atoms with E-state index in [9.17, 15) is 13.2 Å². The Kier molecular flexibility index (Phi) is 5.91. The summed E-state index contributed by atoms with van der Waals surface area (Å²) in [6.07, 6.45) is 3.51. The molecule has 0 aliphatic rings. The molecule has 1 rings (SSSR count). The molecule has 0 saturated carbocycles. The van der Waals surface area contributed by atoms with Gasteiger partial charge in [-0.2, -0.15) is 5.10 Å². The highest BCUT2D eigenvalue weighted by atomic mass is 32.2. The molecular weight excluding hydrogens is 292 g/mol. The summed E-state index contributed by atoms with van der Waals surface area (Å²) >= 11 is 0. The van der Waals surface area contributed by atoms with Crippen molar-refractivity contribution in [2.24, 2.45) is 13.0 Å². The Morgan fingerprint density at radius 2 is 2.05 bits per heavy atom. The predicted molar refractivity (Wildman–Crippen MR) is 81.0 cm³/mol. The first-order chi connectivity index (χ1) is 9.63. The topological polar surface area (TPSA) is 84.3 Å². The number of aromatic nitrogens is 2. The van der Waals surface area contributed by atoms with Gasteiger partial charge in [0.15, 0.2) is 0 Å². The average molecular weight is 316 g/mol. The van der Waals surface area contributed by atoms with Crippen molar-refractivity contribution in [3.8, 4) is 0 Å². The molecule has 1 aromatic rings. The fraction of sp³-hybridized carbons (Fsp3) is 0.692. The molecule has 1 N–H and O–H groups in total. The first-order valence-electron chi connectivity index (χ1n) is 6.81. The van der Waals surface area contributed by atoms with Gasteiger partial charge in [0.2, 0.25) is 15.9 Å². The number of amides is 1.